The molecule has 0 spiro atoms. The summed E-state index contributed by atoms with van der Waals surface area (Å²) in [6, 6.07) is 26.7. The Kier molecular flexibility index (Phi) is 4.84. The minimum absolute atomic E-state index is 0.256. The van der Waals surface area contributed by atoms with Crippen LogP contribution in [0.3, 0.4) is 0 Å². The summed E-state index contributed by atoms with van der Waals surface area (Å²) in [5.74, 6) is -0.516. The van der Waals surface area contributed by atoms with Crippen LogP contribution in [0.5, 0.6) is 0 Å². The largest absolute Gasteiger partial charge is 0.464 e. The van der Waals surface area contributed by atoms with Gasteiger partial charge in [0.25, 0.3) is 0 Å². The predicted molar refractivity (Wildman–Crippen MR) is 109 cm³/mol. The molecule has 6 heteroatoms. The van der Waals surface area contributed by atoms with Gasteiger partial charge >= 0.3 is 5.97 Å². The molecular weight excluding hydrogens is 352 g/mol. The zero-order chi connectivity index (χ0) is 19.3. The van der Waals surface area contributed by atoms with E-state index in [1.54, 1.807) is 0 Å². The van der Waals surface area contributed by atoms with Gasteiger partial charge in [0.1, 0.15) is 5.52 Å². The summed E-state index contributed by atoms with van der Waals surface area (Å²) in [4.78, 5) is 12.9. The van der Waals surface area contributed by atoms with Gasteiger partial charge in [-0.2, -0.15) is 0 Å². The number of esters is 1. The molecule has 6 nitrogen and oxygen atoms in total. The van der Waals surface area contributed by atoms with E-state index in [2.05, 4.69) is 15.6 Å². The topological polar surface area (TPSA) is 69.0 Å². The van der Waals surface area contributed by atoms with Crippen LogP contribution in [0.25, 0.3) is 22.4 Å². The second kappa shape index (κ2) is 7.75. The number of anilines is 1. The van der Waals surface area contributed by atoms with Crippen LogP contribution in [0.2, 0.25) is 0 Å². The molecule has 4 rings (SSSR count). The van der Waals surface area contributed by atoms with Gasteiger partial charge in [0.2, 0.25) is 0 Å². The lowest BCUT2D eigenvalue weighted by atomic mass is 10.1. The van der Waals surface area contributed by atoms with Crippen molar-refractivity contribution in [3.63, 3.8) is 0 Å². The first-order valence-electron chi connectivity index (χ1n) is 8.79. The van der Waals surface area contributed by atoms with E-state index in [1.807, 2.05) is 84.9 Å². The number of methoxy groups -OCH3 is 1. The summed E-state index contributed by atoms with van der Waals surface area (Å²) in [5.41, 5.74) is 3.90. The molecule has 0 aliphatic heterocycles. The molecule has 0 fully saturated rings. The van der Waals surface area contributed by atoms with Gasteiger partial charge in [-0.15, -0.1) is 5.10 Å². The number of rotatable bonds is 5. The molecule has 0 bridgehead atoms. The molecule has 1 heterocycles. The Morgan fingerprint density at radius 2 is 1.54 bits per heavy atom. The Hall–Kier alpha value is -3.93. The molecule has 1 aromatic heterocycles. The van der Waals surface area contributed by atoms with Crippen LogP contribution in [0.15, 0.2) is 84.9 Å². The number of carbonyl (C=O) groups excluding carboxylic acids is 1. The molecule has 0 unspecified atom stereocenters. The van der Waals surface area contributed by atoms with Crippen molar-refractivity contribution in [2.75, 3.05) is 12.4 Å². The van der Waals surface area contributed by atoms with Crippen LogP contribution in [-0.2, 0) is 9.53 Å². The van der Waals surface area contributed by atoms with Crippen molar-refractivity contribution in [1.82, 2.24) is 15.0 Å². The zero-order valence-corrected chi connectivity index (χ0v) is 15.2. The lowest BCUT2D eigenvalue weighted by Gasteiger charge is -2.17. The van der Waals surface area contributed by atoms with Gasteiger partial charge < -0.3 is 10.1 Å². The molecule has 0 aliphatic carbocycles. The lowest BCUT2D eigenvalue weighted by molar-refractivity contribution is -0.134. The molecule has 1 N–H and O–H groups in total. The molecule has 4 aromatic rings. The second-order valence-corrected chi connectivity index (χ2v) is 6.06. The van der Waals surface area contributed by atoms with Crippen molar-refractivity contribution >= 4 is 34.1 Å². The predicted octanol–water partition coefficient (Wildman–Crippen LogP) is 4.04. The van der Waals surface area contributed by atoms with Gasteiger partial charge in [-0.05, 0) is 24.3 Å². The maximum Gasteiger partial charge on any atom is 0.359 e. The summed E-state index contributed by atoms with van der Waals surface area (Å²) in [6.45, 7) is 0. The summed E-state index contributed by atoms with van der Waals surface area (Å²) in [5, 5.41) is 11.8. The highest BCUT2D eigenvalue weighted by Gasteiger charge is 2.23. The van der Waals surface area contributed by atoms with Crippen molar-refractivity contribution in [3.05, 3.63) is 90.5 Å². The zero-order valence-electron chi connectivity index (χ0n) is 15.2. The van der Waals surface area contributed by atoms with E-state index in [1.165, 1.54) is 11.8 Å². The average Bonchev–Trinajstić information content (AvgIpc) is 3.18. The third-order valence-corrected chi connectivity index (χ3v) is 4.28. The fourth-order valence-electron chi connectivity index (χ4n) is 2.96. The standard InChI is InChI=1S/C22H18N4O2/c1-28-22(27)21(26-19-15-9-8-14-18(19)24-25-26)20(16-10-4-2-5-11-16)23-17-12-6-3-7-13-17/h2-15,23H,1H3/b21-20+. The molecule has 3 aromatic carbocycles. The monoisotopic (exact) mass is 370 g/mol. The minimum atomic E-state index is -0.516. The Labute approximate surface area is 162 Å². The van der Waals surface area contributed by atoms with Crippen molar-refractivity contribution in [2.24, 2.45) is 0 Å². The average molecular weight is 370 g/mol. The Balaban J connectivity index is 1.99. The third kappa shape index (κ3) is 3.35. The molecule has 0 amide bonds. The number of aromatic nitrogens is 3. The summed E-state index contributed by atoms with van der Waals surface area (Å²) < 4.78 is 6.61. The van der Waals surface area contributed by atoms with Gasteiger partial charge in [-0.3, -0.25) is 0 Å². The van der Waals surface area contributed by atoms with E-state index in [0.717, 1.165) is 11.3 Å². The first kappa shape index (κ1) is 17.5. The summed E-state index contributed by atoms with van der Waals surface area (Å²) in [7, 11) is 1.35. The van der Waals surface area contributed by atoms with Gasteiger partial charge in [0.05, 0.1) is 18.3 Å². The molecule has 138 valence electrons. The maximum absolute atomic E-state index is 12.9. The molecule has 28 heavy (non-hydrogen) atoms. The van der Waals surface area contributed by atoms with E-state index in [0.29, 0.717) is 16.7 Å². The Morgan fingerprint density at radius 3 is 2.25 bits per heavy atom. The molecule has 0 atom stereocenters. The Morgan fingerprint density at radius 1 is 0.893 bits per heavy atom. The number of hydrogen-bond acceptors (Lipinski definition) is 5. The number of hydrogen-bond donors (Lipinski definition) is 1. The van der Waals surface area contributed by atoms with Crippen LogP contribution in [0.4, 0.5) is 5.69 Å². The van der Waals surface area contributed by atoms with Crippen LogP contribution < -0.4 is 5.32 Å². The van der Waals surface area contributed by atoms with Crippen LogP contribution in [-0.4, -0.2) is 28.1 Å². The van der Waals surface area contributed by atoms with Crippen molar-refractivity contribution in [2.45, 2.75) is 0 Å². The number of nitrogens with one attached hydrogen (secondary N) is 1. The number of nitrogens with zero attached hydrogens (tertiary/aromatic N) is 3. The van der Waals surface area contributed by atoms with Crippen LogP contribution in [0.1, 0.15) is 5.56 Å². The highest BCUT2D eigenvalue weighted by Crippen LogP contribution is 2.27. The first-order chi connectivity index (χ1) is 13.8. The lowest BCUT2D eigenvalue weighted by Crippen LogP contribution is -2.17. The number of carbonyl (C=O) groups is 1. The van der Waals surface area contributed by atoms with E-state index < -0.39 is 5.97 Å². The van der Waals surface area contributed by atoms with Gasteiger partial charge in [-0.25, -0.2) is 9.48 Å². The van der Waals surface area contributed by atoms with Crippen LogP contribution >= 0.6 is 0 Å². The highest BCUT2D eigenvalue weighted by molar-refractivity contribution is 6.21. The van der Waals surface area contributed by atoms with Crippen LogP contribution in [0, 0.1) is 0 Å². The highest BCUT2D eigenvalue weighted by atomic mass is 16.5. The quantitative estimate of drug-likeness (QED) is 0.424. The fraction of sp³-hybridized carbons (Fsp3) is 0.0455. The number of ether oxygens (including phenoxy) is 1. The maximum atomic E-state index is 12.9. The summed E-state index contributed by atoms with van der Waals surface area (Å²) >= 11 is 0. The number of benzene rings is 3. The smallest absolute Gasteiger partial charge is 0.359 e. The second-order valence-electron chi connectivity index (χ2n) is 6.06. The molecule has 0 saturated heterocycles. The fourth-order valence-corrected chi connectivity index (χ4v) is 2.96. The Bertz CT molecular complexity index is 1130. The van der Waals surface area contributed by atoms with Gasteiger partial charge in [0.15, 0.2) is 5.70 Å². The molecule has 0 saturated carbocycles. The van der Waals surface area contributed by atoms with Gasteiger partial charge in [0, 0.05) is 11.3 Å². The number of para-hydroxylation sites is 2. The van der Waals surface area contributed by atoms with E-state index in [-0.39, 0.29) is 5.70 Å². The first-order valence-corrected chi connectivity index (χ1v) is 8.79. The minimum Gasteiger partial charge on any atom is -0.464 e. The normalized spacial score (nSPS) is 11.8. The molecule has 0 aliphatic rings. The van der Waals surface area contributed by atoms with Gasteiger partial charge in [-0.1, -0.05) is 65.9 Å². The van der Waals surface area contributed by atoms with Crippen molar-refractivity contribution in [1.29, 1.82) is 0 Å². The van der Waals surface area contributed by atoms with Crippen molar-refractivity contribution < 1.29 is 9.53 Å². The van der Waals surface area contributed by atoms with E-state index >= 15 is 0 Å². The number of fused-ring (bicyclic) bond motifs is 1. The van der Waals surface area contributed by atoms with E-state index in [4.69, 9.17) is 4.74 Å². The van der Waals surface area contributed by atoms with Crippen molar-refractivity contribution in [3.8, 4) is 0 Å². The SMILES string of the molecule is COC(=O)/C(=C(\Nc1ccccc1)c1ccccc1)n1nnc2ccccc21. The summed E-state index contributed by atoms with van der Waals surface area (Å²) in [6.07, 6.45) is 0. The third-order valence-electron chi connectivity index (χ3n) is 4.28. The molecular formula is C22H18N4O2. The molecule has 0 radical (unpaired) electrons. The van der Waals surface area contributed by atoms with E-state index in [9.17, 15) is 4.79 Å².